The lowest BCUT2D eigenvalue weighted by Crippen LogP contribution is -2.48. The van der Waals surface area contributed by atoms with Crippen molar-refractivity contribution in [3.05, 3.63) is 98.5 Å². The topological polar surface area (TPSA) is 126 Å². The van der Waals surface area contributed by atoms with E-state index in [9.17, 15) is 19.5 Å². The van der Waals surface area contributed by atoms with Gasteiger partial charge in [0.25, 0.3) is 5.91 Å². The second-order valence-corrected chi connectivity index (χ2v) is 13.6. The third kappa shape index (κ3) is 5.55. The van der Waals surface area contributed by atoms with E-state index >= 15 is 4.39 Å². The number of aliphatic hydroxyl groups is 1. The van der Waals surface area contributed by atoms with Crippen LogP contribution < -0.4 is 5.73 Å². The van der Waals surface area contributed by atoms with E-state index in [1.165, 1.54) is 30.2 Å². The van der Waals surface area contributed by atoms with E-state index in [0.717, 1.165) is 0 Å². The minimum absolute atomic E-state index is 0.0179. The fourth-order valence-electron chi connectivity index (χ4n) is 6.74. The summed E-state index contributed by atoms with van der Waals surface area (Å²) < 4.78 is 23.5. The van der Waals surface area contributed by atoms with Gasteiger partial charge in [0.15, 0.2) is 5.72 Å². The second kappa shape index (κ2) is 11.9. The van der Waals surface area contributed by atoms with E-state index in [1.807, 2.05) is 0 Å². The molecule has 0 spiro atoms. The SMILES string of the molecule is CC(=O)N1CCC(C(C)(O)c2cc(F)c3c(c2)C(=O)N(Cc2ccc(Cl)cn2)[C@@]3(OCC2(C(N)=O)CC2)c2ccc(Cl)cc2)CC1. The number of carbonyl (C=O) groups is 3. The van der Waals surface area contributed by atoms with Crippen molar-refractivity contribution >= 4 is 40.9 Å². The minimum atomic E-state index is -1.83. The smallest absolute Gasteiger partial charge is 0.257 e. The molecule has 242 valence electrons. The van der Waals surface area contributed by atoms with Crippen LogP contribution in [0, 0.1) is 17.2 Å². The fourth-order valence-corrected chi connectivity index (χ4v) is 6.98. The highest BCUT2D eigenvalue weighted by molar-refractivity contribution is 6.30. The number of carbonyl (C=O) groups excluding carboxylic acids is 3. The van der Waals surface area contributed by atoms with Crippen LogP contribution in [0.4, 0.5) is 4.39 Å². The molecule has 2 atom stereocenters. The number of nitrogens with two attached hydrogens (primary N) is 1. The van der Waals surface area contributed by atoms with E-state index in [1.54, 1.807) is 48.2 Å². The monoisotopic (exact) mass is 668 g/mol. The fraction of sp³-hybridized carbons (Fsp3) is 0.412. The van der Waals surface area contributed by atoms with Crippen LogP contribution in [0.1, 0.15) is 72.3 Å². The summed E-state index contributed by atoms with van der Waals surface area (Å²) in [7, 11) is 0. The molecule has 46 heavy (non-hydrogen) atoms. The van der Waals surface area contributed by atoms with Crippen LogP contribution in [0.5, 0.6) is 0 Å². The van der Waals surface area contributed by atoms with Crippen LogP contribution in [0.3, 0.4) is 0 Å². The van der Waals surface area contributed by atoms with Crippen molar-refractivity contribution < 1.29 is 28.6 Å². The molecule has 3 N–H and O–H groups in total. The van der Waals surface area contributed by atoms with Crippen LogP contribution in [-0.4, -0.2) is 57.3 Å². The molecule has 9 nitrogen and oxygen atoms in total. The van der Waals surface area contributed by atoms with Gasteiger partial charge in [0.1, 0.15) is 5.82 Å². The molecule has 12 heteroatoms. The van der Waals surface area contributed by atoms with Crippen molar-refractivity contribution in [3.8, 4) is 0 Å². The molecule has 2 fully saturated rings. The highest BCUT2D eigenvalue weighted by atomic mass is 35.5. The molecule has 1 unspecified atom stereocenters. The Morgan fingerprint density at radius 3 is 2.33 bits per heavy atom. The molecule has 1 saturated heterocycles. The number of primary amides is 1. The van der Waals surface area contributed by atoms with Gasteiger partial charge in [-0.3, -0.25) is 24.3 Å². The van der Waals surface area contributed by atoms with Crippen molar-refractivity contribution in [1.82, 2.24) is 14.8 Å². The Balaban J connectivity index is 1.49. The summed E-state index contributed by atoms with van der Waals surface area (Å²) in [5, 5.41) is 12.7. The van der Waals surface area contributed by atoms with Crippen LogP contribution >= 0.6 is 23.2 Å². The first-order chi connectivity index (χ1) is 21.8. The van der Waals surface area contributed by atoms with E-state index in [-0.39, 0.29) is 41.7 Å². The number of hydrogen-bond acceptors (Lipinski definition) is 6. The lowest BCUT2D eigenvalue weighted by atomic mass is 9.76. The summed E-state index contributed by atoms with van der Waals surface area (Å²) in [6, 6.07) is 12.6. The first kappa shape index (κ1) is 32.4. The van der Waals surface area contributed by atoms with Crippen molar-refractivity contribution in [2.45, 2.75) is 57.4 Å². The first-order valence-electron chi connectivity index (χ1n) is 15.2. The highest BCUT2D eigenvalue weighted by Crippen LogP contribution is 2.53. The number of ether oxygens (including phenoxy) is 1. The summed E-state index contributed by atoms with van der Waals surface area (Å²) in [4.78, 5) is 46.3. The summed E-state index contributed by atoms with van der Waals surface area (Å²) in [6.45, 7) is 3.82. The van der Waals surface area contributed by atoms with Gasteiger partial charge < -0.3 is 20.5 Å². The molecule has 1 aromatic heterocycles. The summed E-state index contributed by atoms with van der Waals surface area (Å²) in [6.07, 6.45) is 3.49. The maximum atomic E-state index is 16.8. The molecule has 0 bridgehead atoms. The lowest BCUT2D eigenvalue weighted by Gasteiger charge is -2.41. The van der Waals surface area contributed by atoms with Crippen LogP contribution in [0.2, 0.25) is 10.0 Å². The number of fused-ring (bicyclic) bond motifs is 1. The van der Waals surface area contributed by atoms with Crippen molar-refractivity contribution in [2.24, 2.45) is 17.1 Å². The van der Waals surface area contributed by atoms with Gasteiger partial charge in [0.2, 0.25) is 11.8 Å². The van der Waals surface area contributed by atoms with Gasteiger partial charge in [-0.2, -0.15) is 0 Å². The number of aromatic nitrogens is 1. The number of benzene rings is 2. The lowest BCUT2D eigenvalue weighted by molar-refractivity contribution is -0.142. The first-order valence-corrected chi connectivity index (χ1v) is 16.0. The van der Waals surface area contributed by atoms with Crippen molar-refractivity contribution in [2.75, 3.05) is 19.7 Å². The third-order valence-corrected chi connectivity index (χ3v) is 10.4. The zero-order valence-electron chi connectivity index (χ0n) is 25.6. The molecule has 1 saturated carbocycles. The van der Waals surface area contributed by atoms with Gasteiger partial charge in [0, 0.05) is 36.8 Å². The number of nitrogens with zero attached hydrogens (tertiary/aromatic N) is 3. The van der Waals surface area contributed by atoms with Crippen LogP contribution in [-0.2, 0) is 32.2 Å². The Hall–Kier alpha value is -3.57. The Labute approximate surface area is 276 Å². The molecule has 1 aliphatic carbocycles. The zero-order valence-corrected chi connectivity index (χ0v) is 27.1. The Morgan fingerprint density at radius 2 is 1.76 bits per heavy atom. The minimum Gasteiger partial charge on any atom is -0.385 e. The number of pyridine rings is 1. The number of likely N-dealkylation sites (tertiary alicyclic amines) is 1. The zero-order chi connectivity index (χ0) is 33.0. The van der Waals surface area contributed by atoms with Crippen LogP contribution in [0.25, 0.3) is 0 Å². The third-order valence-electron chi connectivity index (χ3n) is 9.88. The summed E-state index contributed by atoms with van der Waals surface area (Å²) >= 11 is 12.3. The van der Waals surface area contributed by atoms with Gasteiger partial charge in [-0.25, -0.2) is 4.39 Å². The Morgan fingerprint density at radius 1 is 1.11 bits per heavy atom. The number of amides is 3. The molecular formula is C34H35Cl2FN4O5. The normalized spacial score (nSPS) is 22.0. The number of rotatable bonds is 9. The molecule has 0 radical (unpaired) electrons. The average molecular weight is 670 g/mol. The predicted octanol–water partition coefficient (Wildman–Crippen LogP) is 5.13. The van der Waals surface area contributed by atoms with Crippen LogP contribution in [0.15, 0.2) is 54.7 Å². The van der Waals surface area contributed by atoms with Gasteiger partial charge in [-0.15, -0.1) is 0 Å². The van der Waals surface area contributed by atoms with E-state index in [4.69, 9.17) is 33.7 Å². The number of halogens is 3. The summed E-state index contributed by atoms with van der Waals surface area (Å²) in [5.41, 5.74) is 2.57. The molecule has 2 aliphatic heterocycles. The van der Waals surface area contributed by atoms with Crippen molar-refractivity contribution in [1.29, 1.82) is 0 Å². The van der Waals surface area contributed by atoms with E-state index in [0.29, 0.717) is 60.1 Å². The van der Waals surface area contributed by atoms with E-state index < -0.39 is 34.4 Å². The van der Waals surface area contributed by atoms with E-state index in [2.05, 4.69) is 4.98 Å². The van der Waals surface area contributed by atoms with Gasteiger partial charge >= 0.3 is 0 Å². The van der Waals surface area contributed by atoms with Gasteiger partial charge in [-0.1, -0.05) is 35.3 Å². The summed E-state index contributed by atoms with van der Waals surface area (Å²) in [5.74, 6) is -2.16. The second-order valence-electron chi connectivity index (χ2n) is 12.8. The predicted molar refractivity (Wildman–Crippen MR) is 169 cm³/mol. The molecule has 6 rings (SSSR count). The highest BCUT2D eigenvalue weighted by Gasteiger charge is 2.58. The standard InChI is InChI=1S/C34H35Cl2FN4O5/c1-20(42)40-13-9-21(10-14-40)32(2,45)23-15-27-29(28(37)16-23)34(22-3-5-24(35)6-4-22,46-19-33(11-12-33)31(38)44)41(30(27)43)18-26-8-7-25(36)17-39-26/h3-8,15-17,21,45H,9-14,18-19H2,1-2H3,(H2,38,44)/t32?,34-/m1/s1. The maximum Gasteiger partial charge on any atom is 0.257 e. The maximum absolute atomic E-state index is 16.8. The molecule has 3 heterocycles. The van der Waals surface area contributed by atoms with Gasteiger partial charge in [-0.05, 0) is 80.5 Å². The molecule has 3 aliphatic rings. The number of hydrogen-bond donors (Lipinski definition) is 2. The largest absolute Gasteiger partial charge is 0.385 e. The molecular weight excluding hydrogens is 634 g/mol. The Kier molecular flexibility index (Phi) is 8.38. The number of piperidine rings is 1. The average Bonchev–Trinajstić information content (AvgIpc) is 3.79. The van der Waals surface area contributed by atoms with Gasteiger partial charge in [0.05, 0.1) is 46.0 Å². The molecule has 2 aromatic carbocycles. The molecule has 3 amide bonds. The quantitative estimate of drug-likeness (QED) is 0.326. The van der Waals surface area contributed by atoms with Crippen molar-refractivity contribution in [3.63, 3.8) is 0 Å². The molecule has 3 aromatic rings. The Bertz CT molecular complexity index is 1690.